The highest BCUT2D eigenvalue weighted by Crippen LogP contribution is 2.25. The first kappa shape index (κ1) is 17.1. The van der Waals surface area contributed by atoms with Gasteiger partial charge in [-0.3, -0.25) is 4.99 Å². The summed E-state index contributed by atoms with van der Waals surface area (Å²) in [5.41, 5.74) is 2.02. The second kappa shape index (κ2) is 8.34. The minimum atomic E-state index is -4.64. The van der Waals surface area contributed by atoms with Crippen LogP contribution in [0.3, 0.4) is 0 Å². The first-order valence-corrected chi connectivity index (χ1v) is 7.46. The van der Waals surface area contributed by atoms with Crippen LogP contribution < -0.4 is 4.74 Å². The van der Waals surface area contributed by atoms with Crippen molar-refractivity contribution in [3.8, 4) is 5.75 Å². The number of phosphoric acid groups is 1. The molecular formula is C14H16NO5P. The molecule has 0 aliphatic carbocycles. The highest BCUT2D eigenvalue weighted by Gasteiger charge is 2.00. The first-order chi connectivity index (χ1) is 9.88. The largest absolute Gasteiger partial charge is 0.497 e. The van der Waals surface area contributed by atoms with E-state index in [1.54, 1.807) is 7.11 Å². The average molecular weight is 309 g/mol. The van der Waals surface area contributed by atoms with E-state index >= 15 is 0 Å². The van der Waals surface area contributed by atoms with E-state index in [2.05, 4.69) is 4.99 Å². The van der Waals surface area contributed by atoms with Crippen molar-refractivity contribution in [2.45, 2.75) is 0 Å². The third-order valence-electron chi connectivity index (χ3n) is 2.23. The van der Waals surface area contributed by atoms with Crippen molar-refractivity contribution in [1.29, 1.82) is 0 Å². The van der Waals surface area contributed by atoms with Crippen molar-refractivity contribution in [2.75, 3.05) is 7.11 Å². The Balaban J connectivity index is 0.000000383. The molecule has 6 nitrogen and oxygen atoms in total. The number of aliphatic imine (C=N–C) groups is 1. The molecule has 0 bridgehead atoms. The van der Waals surface area contributed by atoms with Crippen LogP contribution in [0.15, 0.2) is 59.6 Å². The summed E-state index contributed by atoms with van der Waals surface area (Å²) in [6.45, 7) is 0. The number of benzene rings is 2. The molecule has 0 amide bonds. The molecule has 112 valence electrons. The quantitative estimate of drug-likeness (QED) is 0.597. The van der Waals surface area contributed by atoms with Gasteiger partial charge in [-0.05, 0) is 29.8 Å². The molecule has 0 spiro atoms. The SMILES string of the molecule is COc1ccc(N=Cc2ccccc2)cc1.O=P(O)(O)O. The molecule has 21 heavy (non-hydrogen) atoms. The van der Waals surface area contributed by atoms with Gasteiger partial charge in [0.1, 0.15) is 5.75 Å². The maximum atomic E-state index is 8.88. The number of hydrogen-bond acceptors (Lipinski definition) is 3. The van der Waals surface area contributed by atoms with Gasteiger partial charge in [0.15, 0.2) is 0 Å². The minimum Gasteiger partial charge on any atom is -0.497 e. The number of nitrogens with zero attached hydrogens (tertiary/aromatic N) is 1. The second-order valence-electron chi connectivity index (χ2n) is 3.88. The molecule has 0 aliphatic rings. The van der Waals surface area contributed by atoms with Crippen LogP contribution in [0, 0.1) is 0 Å². The van der Waals surface area contributed by atoms with Gasteiger partial charge in [-0.2, -0.15) is 0 Å². The normalized spacial score (nSPS) is 10.9. The Hall–Kier alpha value is -1.98. The Labute approximate surface area is 122 Å². The fourth-order valence-electron chi connectivity index (χ4n) is 1.36. The monoisotopic (exact) mass is 309 g/mol. The van der Waals surface area contributed by atoms with Crippen molar-refractivity contribution in [2.24, 2.45) is 4.99 Å². The van der Waals surface area contributed by atoms with Crippen molar-refractivity contribution < 1.29 is 24.0 Å². The van der Waals surface area contributed by atoms with Gasteiger partial charge in [-0.1, -0.05) is 30.3 Å². The molecule has 2 rings (SSSR count). The summed E-state index contributed by atoms with van der Waals surface area (Å²) < 4.78 is 14.0. The molecule has 0 radical (unpaired) electrons. The van der Waals surface area contributed by atoms with E-state index in [0.29, 0.717) is 0 Å². The first-order valence-electron chi connectivity index (χ1n) is 5.90. The zero-order valence-corrected chi connectivity index (χ0v) is 12.2. The Morgan fingerprint density at radius 3 is 2.00 bits per heavy atom. The summed E-state index contributed by atoms with van der Waals surface area (Å²) in [6.07, 6.45) is 1.85. The zero-order chi connectivity index (χ0) is 15.7. The zero-order valence-electron chi connectivity index (χ0n) is 11.3. The van der Waals surface area contributed by atoms with Crippen molar-refractivity contribution in [3.63, 3.8) is 0 Å². The fraction of sp³-hybridized carbons (Fsp3) is 0.0714. The van der Waals surface area contributed by atoms with Crippen LogP contribution >= 0.6 is 7.82 Å². The maximum absolute atomic E-state index is 8.88. The number of methoxy groups -OCH3 is 1. The third kappa shape index (κ3) is 8.73. The van der Waals surface area contributed by atoms with Crippen molar-refractivity contribution >= 4 is 19.7 Å². The fourth-order valence-corrected chi connectivity index (χ4v) is 1.36. The summed E-state index contributed by atoms with van der Waals surface area (Å²) in [4.78, 5) is 25.9. The molecule has 0 aromatic heterocycles. The van der Waals surface area contributed by atoms with Crippen LogP contribution in [-0.4, -0.2) is 28.0 Å². The molecule has 0 aliphatic heterocycles. The van der Waals surface area contributed by atoms with Crippen LogP contribution in [0.5, 0.6) is 5.75 Å². The topological polar surface area (TPSA) is 99.4 Å². The van der Waals surface area contributed by atoms with Crippen molar-refractivity contribution in [1.82, 2.24) is 0 Å². The summed E-state index contributed by atoms with van der Waals surface area (Å²) in [6, 6.07) is 17.7. The number of hydrogen-bond donors (Lipinski definition) is 3. The Morgan fingerprint density at radius 1 is 1.00 bits per heavy atom. The Bertz CT molecular complexity index is 599. The molecular weight excluding hydrogens is 293 g/mol. The maximum Gasteiger partial charge on any atom is 0.466 e. The summed E-state index contributed by atoms with van der Waals surface area (Å²) >= 11 is 0. The van der Waals surface area contributed by atoms with Crippen LogP contribution in [0.4, 0.5) is 5.69 Å². The average Bonchev–Trinajstić information content (AvgIpc) is 2.45. The van der Waals surface area contributed by atoms with Gasteiger partial charge in [0.05, 0.1) is 12.8 Å². The molecule has 0 unspecified atom stereocenters. The highest BCUT2D eigenvalue weighted by molar-refractivity contribution is 7.45. The lowest BCUT2D eigenvalue weighted by Crippen LogP contribution is -1.81. The molecule has 0 fully saturated rings. The lowest BCUT2D eigenvalue weighted by Gasteiger charge is -1.98. The molecule has 2 aromatic rings. The predicted octanol–water partition coefficient (Wildman–Crippen LogP) is 2.52. The van der Waals surface area contributed by atoms with Gasteiger partial charge in [0, 0.05) is 6.21 Å². The molecule has 7 heteroatoms. The van der Waals surface area contributed by atoms with Gasteiger partial charge < -0.3 is 19.4 Å². The Morgan fingerprint density at radius 2 is 1.52 bits per heavy atom. The smallest absolute Gasteiger partial charge is 0.466 e. The third-order valence-corrected chi connectivity index (χ3v) is 2.23. The van der Waals surface area contributed by atoms with E-state index in [1.807, 2.05) is 60.8 Å². The minimum absolute atomic E-state index is 0.846. The van der Waals surface area contributed by atoms with E-state index in [0.717, 1.165) is 17.0 Å². The van der Waals surface area contributed by atoms with Crippen LogP contribution in [0.2, 0.25) is 0 Å². The van der Waals surface area contributed by atoms with E-state index < -0.39 is 7.82 Å². The number of rotatable bonds is 3. The van der Waals surface area contributed by atoms with Gasteiger partial charge >= 0.3 is 7.82 Å². The molecule has 0 saturated carbocycles. The molecule has 0 heterocycles. The lowest BCUT2D eigenvalue weighted by molar-refractivity contribution is 0.275. The van der Waals surface area contributed by atoms with Gasteiger partial charge in [0.25, 0.3) is 0 Å². The standard InChI is InChI=1S/C14H13NO.H3O4P/c1-16-14-9-7-13(8-10-14)15-11-12-5-3-2-4-6-12;1-5(2,3)4/h2-11H,1H3;(H3,1,2,3,4). The van der Waals surface area contributed by atoms with E-state index in [4.69, 9.17) is 24.0 Å². The summed E-state index contributed by atoms with van der Waals surface area (Å²) in [7, 11) is -2.98. The highest BCUT2D eigenvalue weighted by atomic mass is 31.2. The van der Waals surface area contributed by atoms with Crippen LogP contribution in [-0.2, 0) is 4.57 Å². The predicted molar refractivity (Wildman–Crippen MR) is 81.0 cm³/mol. The lowest BCUT2D eigenvalue weighted by atomic mass is 10.2. The molecule has 2 aromatic carbocycles. The van der Waals surface area contributed by atoms with Crippen molar-refractivity contribution in [3.05, 3.63) is 60.2 Å². The summed E-state index contributed by atoms with van der Waals surface area (Å²) in [5, 5.41) is 0. The Kier molecular flexibility index (Phi) is 6.78. The van der Waals surface area contributed by atoms with E-state index in [9.17, 15) is 0 Å². The van der Waals surface area contributed by atoms with Gasteiger partial charge in [-0.15, -0.1) is 0 Å². The molecule has 3 N–H and O–H groups in total. The van der Waals surface area contributed by atoms with Gasteiger partial charge in [-0.25, -0.2) is 4.57 Å². The van der Waals surface area contributed by atoms with E-state index in [1.165, 1.54) is 0 Å². The number of ether oxygens (including phenoxy) is 1. The molecule has 0 saturated heterocycles. The van der Waals surface area contributed by atoms with Crippen LogP contribution in [0.25, 0.3) is 0 Å². The molecule has 0 atom stereocenters. The summed E-state index contributed by atoms with van der Waals surface area (Å²) in [5.74, 6) is 0.846. The second-order valence-corrected chi connectivity index (χ2v) is 4.91. The van der Waals surface area contributed by atoms with E-state index in [-0.39, 0.29) is 0 Å². The van der Waals surface area contributed by atoms with Crippen LogP contribution in [0.1, 0.15) is 5.56 Å². The van der Waals surface area contributed by atoms with Gasteiger partial charge in [0.2, 0.25) is 0 Å².